The van der Waals surface area contributed by atoms with Gasteiger partial charge in [0.15, 0.2) is 0 Å². The van der Waals surface area contributed by atoms with Gasteiger partial charge in [-0.2, -0.15) is 65.9 Å². The van der Waals surface area contributed by atoms with Crippen LogP contribution in [0.1, 0.15) is 6.92 Å². The van der Waals surface area contributed by atoms with Crippen LogP contribution in [0, 0.1) is 0 Å². The van der Waals surface area contributed by atoms with E-state index < -0.39 is 48.5 Å². The Morgan fingerprint density at radius 1 is 0.480 bits per heavy atom. The number of halogens is 15. The Balaban J connectivity index is 6.56. The van der Waals surface area contributed by atoms with Crippen LogP contribution in [0.25, 0.3) is 0 Å². The van der Waals surface area contributed by atoms with Crippen molar-refractivity contribution >= 4 is 0 Å². The molecule has 0 aromatic rings. The first kappa shape index (κ1) is 23.9. The van der Waals surface area contributed by atoms with Gasteiger partial charge >= 0.3 is 41.9 Å². The maximum absolute atomic E-state index is 13.4. The van der Waals surface area contributed by atoms with Crippen LogP contribution < -0.4 is 0 Å². The first-order valence-electron chi connectivity index (χ1n) is 5.53. The molecule has 0 radical (unpaired) electrons. The minimum atomic E-state index is -8.18. The van der Waals surface area contributed by atoms with Crippen molar-refractivity contribution in [1.82, 2.24) is 0 Å². The molecular formula is C9H5F15O. The van der Waals surface area contributed by atoms with Crippen molar-refractivity contribution in [2.45, 2.75) is 48.8 Å². The average Bonchev–Trinajstić information content (AvgIpc) is 2.35. The molecule has 0 fully saturated rings. The average molecular weight is 414 g/mol. The van der Waals surface area contributed by atoms with Crippen molar-refractivity contribution < 1.29 is 70.6 Å². The molecule has 1 atom stereocenters. The van der Waals surface area contributed by atoms with Gasteiger partial charge in [-0.3, -0.25) is 0 Å². The topological polar surface area (TPSA) is 9.23 Å². The van der Waals surface area contributed by atoms with Gasteiger partial charge in [-0.1, -0.05) is 0 Å². The third kappa shape index (κ3) is 3.09. The molecule has 0 rings (SSSR count). The number of hydrogen-bond acceptors (Lipinski definition) is 1. The molecule has 25 heavy (non-hydrogen) atoms. The molecule has 0 amide bonds. The molecule has 152 valence electrons. The summed E-state index contributed by atoms with van der Waals surface area (Å²) >= 11 is 0. The van der Waals surface area contributed by atoms with E-state index in [2.05, 4.69) is 4.74 Å². The van der Waals surface area contributed by atoms with E-state index in [9.17, 15) is 65.9 Å². The van der Waals surface area contributed by atoms with Gasteiger partial charge in [0.25, 0.3) is 0 Å². The highest BCUT2D eigenvalue weighted by Gasteiger charge is 2.93. The molecule has 0 saturated carbocycles. The first-order chi connectivity index (χ1) is 10.6. The van der Waals surface area contributed by atoms with Gasteiger partial charge in [-0.25, -0.2) is 0 Å². The smallest absolute Gasteiger partial charge is 0.334 e. The minimum absolute atomic E-state index is 0.288. The quantitative estimate of drug-likeness (QED) is 0.533. The number of alkyl halides is 15. The molecule has 0 bridgehead atoms. The van der Waals surface area contributed by atoms with Crippen LogP contribution in [-0.4, -0.2) is 48.5 Å². The standard InChI is InChI=1S/C9H5F15O/c1-2-25-7(18,9(22,23)24)5(14,15)3(10,11)4(12,13)6(16,17)8(19,20)21/h2H2,1H3. The molecule has 0 aliphatic heterocycles. The van der Waals surface area contributed by atoms with E-state index in [0.29, 0.717) is 0 Å². The van der Waals surface area contributed by atoms with E-state index in [4.69, 9.17) is 0 Å². The Morgan fingerprint density at radius 2 is 0.800 bits per heavy atom. The predicted octanol–water partition coefficient (Wildman–Crippen LogP) is 5.35. The summed E-state index contributed by atoms with van der Waals surface area (Å²) in [5, 5.41) is 0. The molecule has 0 aliphatic carbocycles. The maximum atomic E-state index is 13.4. The lowest BCUT2D eigenvalue weighted by Gasteiger charge is -2.42. The first-order valence-corrected chi connectivity index (χ1v) is 5.53. The molecule has 0 aromatic heterocycles. The van der Waals surface area contributed by atoms with Crippen LogP contribution in [0.3, 0.4) is 0 Å². The molecule has 16 heteroatoms. The molecule has 0 N–H and O–H groups in total. The lowest BCUT2D eigenvalue weighted by molar-refractivity contribution is -0.478. The normalized spacial score (nSPS) is 18.2. The minimum Gasteiger partial charge on any atom is -0.334 e. The van der Waals surface area contributed by atoms with Crippen LogP contribution in [0.15, 0.2) is 0 Å². The largest absolute Gasteiger partial charge is 0.460 e. The fraction of sp³-hybridized carbons (Fsp3) is 1.00. The molecule has 0 spiro atoms. The summed E-state index contributed by atoms with van der Waals surface area (Å²) in [7, 11) is 0. The number of hydrogen-bond donors (Lipinski definition) is 0. The van der Waals surface area contributed by atoms with Crippen LogP contribution >= 0.6 is 0 Å². The Morgan fingerprint density at radius 3 is 1.04 bits per heavy atom. The summed E-state index contributed by atoms with van der Waals surface area (Å²) in [5.41, 5.74) is 0. The van der Waals surface area contributed by atoms with E-state index in [-0.39, 0.29) is 6.92 Å². The van der Waals surface area contributed by atoms with Crippen molar-refractivity contribution in [3.05, 3.63) is 0 Å². The van der Waals surface area contributed by atoms with Crippen LogP contribution in [-0.2, 0) is 4.74 Å². The second-order valence-corrected chi connectivity index (χ2v) is 4.32. The fourth-order valence-electron chi connectivity index (χ4n) is 1.32. The molecule has 0 aromatic carbocycles. The van der Waals surface area contributed by atoms with E-state index in [1.165, 1.54) is 0 Å². The van der Waals surface area contributed by atoms with Crippen molar-refractivity contribution in [1.29, 1.82) is 0 Å². The van der Waals surface area contributed by atoms with Crippen molar-refractivity contribution in [2.24, 2.45) is 0 Å². The zero-order valence-electron chi connectivity index (χ0n) is 11.3. The van der Waals surface area contributed by atoms with Gasteiger partial charge in [0, 0.05) is 6.61 Å². The molecule has 1 nitrogen and oxygen atoms in total. The molecule has 0 aliphatic rings. The zero-order valence-corrected chi connectivity index (χ0v) is 11.3. The highest BCUT2D eigenvalue weighted by Crippen LogP contribution is 2.62. The summed E-state index contributed by atoms with van der Waals surface area (Å²) < 4.78 is 191. The van der Waals surface area contributed by atoms with Crippen molar-refractivity contribution in [2.75, 3.05) is 6.61 Å². The van der Waals surface area contributed by atoms with Gasteiger partial charge in [-0.05, 0) is 6.92 Å². The second kappa shape index (κ2) is 5.97. The Kier molecular flexibility index (Phi) is 5.71. The van der Waals surface area contributed by atoms with E-state index in [0.717, 1.165) is 0 Å². The SMILES string of the molecule is CCOC(F)(C(F)(F)F)C(F)(F)C(F)(F)C(F)(F)C(F)(F)C(F)(F)F. The summed E-state index contributed by atoms with van der Waals surface area (Å²) in [4.78, 5) is 0. The maximum Gasteiger partial charge on any atom is 0.460 e. The van der Waals surface area contributed by atoms with Gasteiger partial charge in [0.2, 0.25) is 0 Å². The fourth-order valence-corrected chi connectivity index (χ4v) is 1.32. The zero-order chi connectivity index (χ0) is 20.9. The summed E-state index contributed by atoms with van der Waals surface area (Å²) in [6, 6.07) is 0. The molecule has 0 saturated heterocycles. The predicted molar refractivity (Wildman–Crippen MR) is 47.4 cm³/mol. The van der Waals surface area contributed by atoms with E-state index >= 15 is 0 Å². The van der Waals surface area contributed by atoms with Crippen LogP contribution in [0.4, 0.5) is 65.9 Å². The van der Waals surface area contributed by atoms with E-state index in [1.807, 2.05) is 0 Å². The van der Waals surface area contributed by atoms with Crippen LogP contribution in [0.5, 0.6) is 0 Å². The summed E-state index contributed by atoms with van der Waals surface area (Å²) in [6.45, 7) is -1.53. The van der Waals surface area contributed by atoms with Crippen molar-refractivity contribution in [3.8, 4) is 0 Å². The molecule has 1 unspecified atom stereocenters. The van der Waals surface area contributed by atoms with Gasteiger partial charge in [0.05, 0.1) is 0 Å². The third-order valence-electron chi connectivity index (χ3n) is 2.65. The Hall–Kier alpha value is -1.09. The van der Waals surface area contributed by atoms with E-state index in [1.54, 1.807) is 0 Å². The Labute approximate surface area is 127 Å². The Bertz CT molecular complexity index is 474. The number of rotatable bonds is 6. The van der Waals surface area contributed by atoms with Crippen LogP contribution in [0.2, 0.25) is 0 Å². The lowest BCUT2D eigenvalue weighted by Crippen LogP contribution is -2.73. The monoisotopic (exact) mass is 414 g/mol. The molecule has 0 heterocycles. The van der Waals surface area contributed by atoms with Gasteiger partial charge < -0.3 is 4.74 Å². The third-order valence-corrected chi connectivity index (χ3v) is 2.65. The lowest BCUT2D eigenvalue weighted by atomic mass is 9.93. The highest BCUT2D eigenvalue weighted by molar-refractivity contribution is 5.12. The highest BCUT2D eigenvalue weighted by atomic mass is 19.4. The summed E-state index contributed by atoms with van der Waals surface area (Å²) in [6.07, 6.45) is -14.8. The van der Waals surface area contributed by atoms with Gasteiger partial charge in [0.1, 0.15) is 0 Å². The second-order valence-electron chi connectivity index (χ2n) is 4.32. The molecular weight excluding hydrogens is 409 g/mol. The number of ether oxygens (including phenoxy) is 1. The van der Waals surface area contributed by atoms with Crippen molar-refractivity contribution in [3.63, 3.8) is 0 Å². The van der Waals surface area contributed by atoms with Gasteiger partial charge in [-0.15, -0.1) is 0 Å². The summed E-state index contributed by atoms with van der Waals surface area (Å²) in [5.74, 6) is -39.2.